The molecule has 6 aromatic rings. The standard InChI is InChI=1S/C36H28O11.C22H22O4/c1-15(2)4-6-19-23(39)13-26-31(33(19)42)35(44)29(47-26)12-18-11-22(38)16(3)8-20(18)30-25(41)14-27-32(36(30)45)34(43)28(46-27)10-17-5-7-21(37)24(40)9-17;1-12(2)5-8-16-17(23)11-18-20(21(16)24)22(25)19(26-18)10-15-7-6-13(3)14(4)9-15/h4-5,7-14,37-42,45H,6H2,1-3H3;5-7,9-11,23-24H,8H2,1-4H3/b28-10+,29-12+;19-10+. The molecule has 15 nitrogen and oxygen atoms in total. The van der Waals surface area contributed by atoms with Gasteiger partial charge in [-0.25, -0.2) is 0 Å². The number of carbonyl (C=O) groups is 3. The normalized spacial score (nSPS) is 14.8. The van der Waals surface area contributed by atoms with Crippen molar-refractivity contribution in [1.82, 2.24) is 0 Å². The van der Waals surface area contributed by atoms with E-state index in [1.807, 2.05) is 65.8 Å². The molecule has 6 aromatic carbocycles. The van der Waals surface area contributed by atoms with Crippen LogP contribution >= 0.6 is 0 Å². The molecule has 0 aromatic heterocycles. The number of carbonyl (C=O) groups excluding carboxylic acids is 3. The maximum Gasteiger partial charge on any atom is 0.235 e. The zero-order chi connectivity index (χ0) is 52.9. The summed E-state index contributed by atoms with van der Waals surface area (Å²) in [7, 11) is 0. The fourth-order valence-corrected chi connectivity index (χ4v) is 8.28. The van der Waals surface area contributed by atoms with E-state index in [0.29, 0.717) is 23.1 Å². The first-order valence-electron chi connectivity index (χ1n) is 22.8. The van der Waals surface area contributed by atoms with E-state index in [-0.39, 0.29) is 114 Å². The fraction of sp³-hybridized carbons (Fsp3) is 0.155. The zero-order valence-electron chi connectivity index (χ0n) is 40.6. The summed E-state index contributed by atoms with van der Waals surface area (Å²) in [5, 5.41) is 94.6. The van der Waals surface area contributed by atoms with Gasteiger partial charge in [0.25, 0.3) is 0 Å². The molecule has 0 saturated heterocycles. The van der Waals surface area contributed by atoms with Crippen molar-refractivity contribution >= 4 is 35.6 Å². The molecule has 0 saturated carbocycles. The van der Waals surface area contributed by atoms with Crippen LogP contribution in [0.1, 0.15) is 103 Å². The van der Waals surface area contributed by atoms with Gasteiger partial charge < -0.3 is 60.2 Å². The number of Topliss-reactive ketones (excluding diaryl/α,β-unsaturated/α-hetero) is 3. The highest BCUT2D eigenvalue weighted by molar-refractivity contribution is 6.19. The van der Waals surface area contributed by atoms with Crippen LogP contribution in [0.2, 0.25) is 0 Å². The van der Waals surface area contributed by atoms with Crippen LogP contribution in [0.3, 0.4) is 0 Å². The Balaban J connectivity index is 0.000000231. The van der Waals surface area contributed by atoms with Gasteiger partial charge in [0.1, 0.15) is 74.2 Å². The molecule has 0 spiro atoms. The maximum atomic E-state index is 13.5. The summed E-state index contributed by atoms with van der Waals surface area (Å²) in [6, 6.07) is 16.2. The zero-order valence-corrected chi connectivity index (χ0v) is 40.6. The van der Waals surface area contributed by atoms with Crippen LogP contribution in [0.4, 0.5) is 0 Å². The Morgan fingerprint density at radius 2 is 0.877 bits per heavy atom. The first kappa shape index (κ1) is 50.0. The molecule has 3 heterocycles. The summed E-state index contributed by atoms with van der Waals surface area (Å²) in [4.78, 5) is 39.6. The largest absolute Gasteiger partial charge is 0.508 e. The summed E-state index contributed by atoms with van der Waals surface area (Å²) in [5.41, 5.74) is 5.95. The van der Waals surface area contributed by atoms with E-state index in [0.717, 1.165) is 28.3 Å². The smallest absolute Gasteiger partial charge is 0.235 e. The second-order valence-corrected chi connectivity index (χ2v) is 18.3. The molecule has 0 aliphatic carbocycles. The van der Waals surface area contributed by atoms with Crippen molar-refractivity contribution in [3.05, 3.63) is 169 Å². The first-order valence-corrected chi connectivity index (χ1v) is 22.8. The van der Waals surface area contributed by atoms with Gasteiger partial charge in [0, 0.05) is 29.3 Å². The molecule has 0 radical (unpaired) electrons. The molecule has 9 rings (SSSR count). The van der Waals surface area contributed by atoms with Gasteiger partial charge >= 0.3 is 0 Å². The Morgan fingerprint density at radius 1 is 0.425 bits per heavy atom. The molecular formula is C58H50O15. The average Bonchev–Trinajstić information content (AvgIpc) is 3.92. The van der Waals surface area contributed by atoms with Gasteiger partial charge in [-0.1, -0.05) is 47.6 Å². The maximum absolute atomic E-state index is 13.5. The van der Waals surface area contributed by atoms with Crippen molar-refractivity contribution in [3.63, 3.8) is 0 Å². The van der Waals surface area contributed by atoms with Crippen molar-refractivity contribution in [2.75, 3.05) is 0 Å². The van der Waals surface area contributed by atoms with Gasteiger partial charge in [-0.05, 0) is 143 Å². The quantitative estimate of drug-likeness (QED) is 0.0390. The van der Waals surface area contributed by atoms with Crippen molar-refractivity contribution in [3.8, 4) is 80.1 Å². The lowest BCUT2D eigenvalue weighted by Crippen LogP contribution is -2.01. The average molecular weight is 987 g/mol. The molecule has 9 N–H and O–H groups in total. The predicted octanol–water partition coefficient (Wildman–Crippen LogP) is 11.2. The highest BCUT2D eigenvalue weighted by Crippen LogP contribution is 2.51. The number of hydrogen-bond acceptors (Lipinski definition) is 15. The Bertz CT molecular complexity index is 3540. The Morgan fingerprint density at radius 3 is 1.36 bits per heavy atom. The lowest BCUT2D eigenvalue weighted by molar-refractivity contribution is 0.100. The van der Waals surface area contributed by atoms with E-state index in [2.05, 4.69) is 0 Å². The first-order chi connectivity index (χ1) is 34.5. The van der Waals surface area contributed by atoms with Crippen LogP contribution in [0.5, 0.6) is 69.0 Å². The van der Waals surface area contributed by atoms with Crippen molar-refractivity contribution in [2.45, 2.75) is 61.3 Å². The number of hydrogen-bond donors (Lipinski definition) is 9. The molecule has 0 amide bonds. The van der Waals surface area contributed by atoms with Crippen molar-refractivity contribution in [1.29, 1.82) is 0 Å². The van der Waals surface area contributed by atoms with Gasteiger partial charge in [0.15, 0.2) is 28.8 Å². The summed E-state index contributed by atoms with van der Waals surface area (Å²) in [5.74, 6) is -5.31. The SMILES string of the molecule is CC(C)=CCc1c(O)cc2c(c1O)C(=O)/C(=C\c1cc(O)c(C)cc1-c1c(O)cc3c(c1O)C(=O)/C(=C\c1ccc(O)c(O)c1)O3)O2.CC(C)=CCc1c(O)cc2c(c1O)C(=O)/C(=C\c1ccc(C)c(C)c1)O2. The second kappa shape index (κ2) is 19.4. The second-order valence-electron chi connectivity index (χ2n) is 18.3. The number of aromatic hydroxyl groups is 9. The van der Waals surface area contributed by atoms with Crippen molar-refractivity contribution < 1.29 is 74.6 Å². The van der Waals surface area contributed by atoms with Gasteiger partial charge in [0.05, 0.1) is 5.56 Å². The van der Waals surface area contributed by atoms with Crippen LogP contribution in [0.25, 0.3) is 29.4 Å². The van der Waals surface area contributed by atoms with Crippen LogP contribution in [-0.4, -0.2) is 63.3 Å². The lowest BCUT2D eigenvalue weighted by atomic mass is 9.92. The molecule has 3 aliphatic rings. The number of fused-ring (bicyclic) bond motifs is 3. The number of aryl methyl sites for hydroxylation is 3. The third kappa shape index (κ3) is 9.63. The highest BCUT2D eigenvalue weighted by Gasteiger charge is 2.37. The number of phenolic OH excluding ortho intramolecular Hbond substituents is 9. The van der Waals surface area contributed by atoms with Crippen LogP contribution in [0, 0.1) is 20.8 Å². The molecule has 0 fully saturated rings. The van der Waals surface area contributed by atoms with Crippen LogP contribution < -0.4 is 14.2 Å². The van der Waals surface area contributed by atoms with E-state index in [4.69, 9.17) is 14.2 Å². The molecule has 0 atom stereocenters. The molecule has 73 heavy (non-hydrogen) atoms. The molecule has 0 bridgehead atoms. The highest BCUT2D eigenvalue weighted by atomic mass is 16.5. The van der Waals surface area contributed by atoms with Crippen LogP contribution in [0.15, 0.2) is 107 Å². The number of ketones is 3. The lowest BCUT2D eigenvalue weighted by Gasteiger charge is -2.15. The Kier molecular flexibility index (Phi) is 13.3. The minimum atomic E-state index is -0.731. The number of phenols is 9. The minimum Gasteiger partial charge on any atom is -0.508 e. The van der Waals surface area contributed by atoms with Crippen molar-refractivity contribution in [2.24, 2.45) is 0 Å². The van der Waals surface area contributed by atoms with Gasteiger partial charge in [-0.15, -0.1) is 0 Å². The third-order valence-electron chi connectivity index (χ3n) is 12.4. The Hall–Kier alpha value is -9.37. The van der Waals surface area contributed by atoms with E-state index in [9.17, 15) is 60.3 Å². The van der Waals surface area contributed by atoms with E-state index in [1.54, 1.807) is 19.1 Å². The summed E-state index contributed by atoms with van der Waals surface area (Å²) in [6.45, 7) is 13.2. The topological polar surface area (TPSA) is 261 Å². The molecule has 0 unspecified atom stereocenters. The summed E-state index contributed by atoms with van der Waals surface area (Å²) >= 11 is 0. The number of ether oxygens (including phenoxy) is 3. The number of benzene rings is 6. The summed E-state index contributed by atoms with van der Waals surface area (Å²) < 4.78 is 17.0. The predicted molar refractivity (Wildman–Crippen MR) is 272 cm³/mol. The van der Waals surface area contributed by atoms with E-state index < -0.39 is 34.6 Å². The minimum absolute atomic E-state index is 0.0812. The van der Waals surface area contributed by atoms with Gasteiger partial charge in [-0.2, -0.15) is 0 Å². The van der Waals surface area contributed by atoms with Gasteiger partial charge in [0.2, 0.25) is 17.3 Å². The number of allylic oxidation sites excluding steroid dienone is 7. The third-order valence-corrected chi connectivity index (χ3v) is 12.4. The Labute approximate surface area is 418 Å². The van der Waals surface area contributed by atoms with E-state index >= 15 is 0 Å². The fourth-order valence-electron chi connectivity index (χ4n) is 8.28. The molecule has 3 aliphatic heterocycles. The number of rotatable bonds is 8. The summed E-state index contributed by atoms with van der Waals surface area (Å²) in [6.07, 6.45) is 8.36. The molecular weight excluding hydrogens is 937 g/mol. The van der Waals surface area contributed by atoms with Crippen LogP contribution in [-0.2, 0) is 12.8 Å². The monoisotopic (exact) mass is 986 g/mol. The molecule has 15 heteroatoms. The van der Waals surface area contributed by atoms with Gasteiger partial charge in [-0.3, -0.25) is 14.4 Å². The molecule has 372 valence electrons. The van der Waals surface area contributed by atoms with E-state index in [1.165, 1.54) is 60.2 Å².